The van der Waals surface area contributed by atoms with Crippen molar-refractivity contribution in [1.82, 2.24) is 20.2 Å². The lowest BCUT2D eigenvalue weighted by Gasteiger charge is -2.35. The predicted molar refractivity (Wildman–Crippen MR) is 120 cm³/mol. The number of amides is 1. The van der Waals surface area contributed by atoms with Crippen molar-refractivity contribution in [2.45, 2.75) is 25.1 Å². The lowest BCUT2D eigenvalue weighted by atomic mass is 10.0. The van der Waals surface area contributed by atoms with E-state index in [-0.39, 0.29) is 36.9 Å². The first kappa shape index (κ1) is 23.9. The molecule has 1 aromatic heterocycles. The number of morpholine rings is 1. The van der Waals surface area contributed by atoms with Gasteiger partial charge in [-0.2, -0.15) is 13.2 Å². The molecule has 1 atom stereocenters. The second-order valence-corrected chi connectivity index (χ2v) is 8.12. The number of rotatable bonds is 7. The number of alkyl halides is 3. The van der Waals surface area contributed by atoms with Gasteiger partial charge in [0.2, 0.25) is 5.91 Å². The molecule has 7 nitrogen and oxygen atoms in total. The average molecular weight is 474 g/mol. The van der Waals surface area contributed by atoms with Gasteiger partial charge in [-0.15, -0.1) is 0 Å². The van der Waals surface area contributed by atoms with E-state index in [0.29, 0.717) is 48.6 Å². The van der Waals surface area contributed by atoms with E-state index in [9.17, 15) is 22.8 Å². The summed E-state index contributed by atoms with van der Waals surface area (Å²) >= 11 is 0. The molecule has 34 heavy (non-hydrogen) atoms. The third-order valence-corrected chi connectivity index (χ3v) is 5.85. The summed E-state index contributed by atoms with van der Waals surface area (Å²) in [6.45, 7) is 2.51. The number of hydrogen-bond donors (Lipinski definition) is 2. The molecule has 180 valence electrons. The van der Waals surface area contributed by atoms with Crippen molar-refractivity contribution in [3.05, 3.63) is 75.8 Å². The van der Waals surface area contributed by atoms with E-state index in [1.165, 1.54) is 12.1 Å². The number of aromatic nitrogens is 2. The van der Waals surface area contributed by atoms with E-state index in [4.69, 9.17) is 4.74 Å². The largest absolute Gasteiger partial charge is 0.416 e. The predicted octanol–water partition coefficient (Wildman–Crippen LogP) is 3.06. The van der Waals surface area contributed by atoms with Gasteiger partial charge in [-0.25, -0.2) is 4.98 Å². The second kappa shape index (κ2) is 10.4. The number of para-hydroxylation sites is 1. The Morgan fingerprint density at radius 1 is 1.12 bits per heavy atom. The molecular weight excluding hydrogens is 449 g/mol. The second-order valence-electron chi connectivity index (χ2n) is 8.12. The number of ether oxygens (including phenoxy) is 1. The van der Waals surface area contributed by atoms with Gasteiger partial charge in [0.25, 0.3) is 5.56 Å². The van der Waals surface area contributed by atoms with Gasteiger partial charge in [0.1, 0.15) is 5.82 Å². The van der Waals surface area contributed by atoms with Crippen LogP contribution in [0.25, 0.3) is 10.9 Å². The van der Waals surface area contributed by atoms with Crippen LogP contribution in [0.4, 0.5) is 13.2 Å². The molecule has 2 aromatic carbocycles. The Kier molecular flexibility index (Phi) is 7.28. The Balaban J connectivity index is 1.40. The smallest absolute Gasteiger partial charge is 0.379 e. The maximum absolute atomic E-state index is 13.0. The fourth-order valence-corrected chi connectivity index (χ4v) is 4.03. The summed E-state index contributed by atoms with van der Waals surface area (Å²) in [6, 6.07) is 11.7. The van der Waals surface area contributed by atoms with Crippen molar-refractivity contribution in [3.63, 3.8) is 0 Å². The molecule has 0 aliphatic carbocycles. The van der Waals surface area contributed by atoms with Gasteiger partial charge in [-0.3, -0.25) is 14.5 Å². The van der Waals surface area contributed by atoms with Crippen molar-refractivity contribution < 1.29 is 22.7 Å². The van der Waals surface area contributed by atoms with Gasteiger partial charge in [-0.05, 0) is 29.8 Å². The van der Waals surface area contributed by atoms with E-state index in [0.717, 1.165) is 12.1 Å². The zero-order valence-electron chi connectivity index (χ0n) is 18.4. The summed E-state index contributed by atoms with van der Waals surface area (Å²) in [6.07, 6.45) is -4.03. The minimum Gasteiger partial charge on any atom is -0.379 e. The first-order chi connectivity index (χ1) is 16.3. The molecule has 1 aliphatic rings. The maximum atomic E-state index is 13.0. The van der Waals surface area contributed by atoms with Gasteiger partial charge in [-0.1, -0.05) is 24.3 Å². The van der Waals surface area contributed by atoms with Crippen LogP contribution in [0.2, 0.25) is 0 Å². The first-order valence-electron chi connectivity index (χ1n) is 11.0. The summed E-state index contributed by atoms with van der Waals surface area (Å²) in [5.74, 6) is 0.187. The minimum absolute atomic E-state index is 0.115. The van der Waals surface area contributed by atoms with Crippen molar-refractivity contribution in [2.75, 3.05) is 32.8 Å². The number of nitrogens with zero attached hydrogens (tertiary/aromatic N) is 2. The molecule has 1 fully saturated rings. The molecule has 1 aliphatic heterocycles. The molecule has 3 aromatic rings. The number of nitrogens with one attached hydrogen (secondary N) is 2. The Hall–Kier alpha value is -3.24. The summed E-state index contributed by atoms with van der Waals surface area (Å²) in [7, 11) is 0. The third-order valence-electron chi connectivity index (χ3n) is 5.85. The van der Waals surface area contributed by atoms with Crippen LogP contribution in [0.15, 0.2) is 53.3 Å². The van der Waals surface area contributed by atoms with Gasteiger partial charge >= 0.3 is 6.18 Å². The number of aromatic amines is 1. The average Bonchev–Trinajstić information content (AvgIpc) is 2.83. The Morgan fingerprint density at radius 3 is 2.53 bits per heavy atom. The standard InChI is InChI=1S/C24H25F3N4O3/c25-24(26,27)17-7-5-16(6-8-17)20(31-11-13-34-14-12-31)15-28-22(32)10-9-21-29-19-4-2-1-3-18(19)23(33)30-21/h1-8,20H,9-15H2,(H,28,32)(H,29,30,33). The van der Waals surface area contributed by atoms with Gasteiger partial charge in [0.15, 0.2) is 0 Å². The van der Waals surface area contributed by atoms with E-state index in [1.54, 1.807) is 24.3 Å². The number of fused-ring (bicyclic) bond motifs is 1. The van der Waals surface area contributed by atoms with Crippen LogP contribution in [-0.2, 0) is 22.1 Å². The number of H-pyrrole nitrogens is 1. The summed E-state index contributed by atoms with van der Waals surface area (Å²) in [5, 5.41) is 3.37. The van der Waals surface area contributed by atoms with Crippen LogP contribution in [0.3, 0.4) is 0 Å². The fraction of sp³-hybridized carbons (Fsp3) is 0.375. The maximum Gasteiger partial charge on any atom is 0.416 e. The highest BCUT2D eigenvalue weighted by molar-refractivity contribution is 5.78. The van der Waals surface area contributed by atoms with Crippen LogP contribution in [0.5, 0.6) is 0 Å². The van der Waals surface area contributed by atoms with Gasteiger partial charge in [0, 0.05) is 32.5 Å². The highest BCUT2D eigenvalue weighted by Crippen LogP contribution is 2.31. The number of halogens is 3. The van der Waals surface area contributed by atoms with E-state index in [1.807, 2.05) is 0 Å². The Morgan fingerprint density at radius 2 is 1.82 bits per heavy atom. The molecule has 2 heterocycles. The zero-order chi connectivity index (χ0) is 24.1. The van der Waals surface area contributed by atoms with Crippen LogP contribution in [0.1, 0.15) is 29.4 Å². The number of hydrogen-bond acceptors (Lipinski definition) is 5. The fourth-order valence-electron chi connectivity index (χ4n) is 4.03. The van der Waals surface area contributed by atoms with E-state index >= 15 is 0 Å². The topological polar surface area (TPSA) is 87.3 Å². The third kappa shape index (κ3) is 5.81. The van der Waals surface area contributed by atoms with Gasteiger partial charge in [0.05, 0.1) is 35.7 Å². The molecule has 1 amide bonds. The van der Waals surface area contributed by atoms with E-state index in [2.05, 4.69) is 20.2 Å². The lowest BCUT2D eigenvalue weighted by molar-refractivity contribution is -0.137. The molecule has 1 saturated heterocycles. The highest BCUT2D eigenvalue weighted by atomic mass is 19.4. The van der Waals surface area contributed by atoms with Crippen molar-refractivity contribution in [2.24, 2.45) is 0 Å². The lowest BCUT2D eigenvalue weighted by Crippen LogP contribution is -2.43. The quantitative estimate of drug-likeness (QED) is 0.550. The van der Waals surface area contributed by atoms with Crippen LogP contribution in [0, 0.1) is 0 Å². The molecule has 0 radical (unpaired) electrons. The molecule has 1 unspecified atom stereocenters. The normalized spacial score (nSPS) is 15.9. The van der Waals surface area contributed by atoms with Crippen LogP contribution >= 0.6 is 0 Å². The monoisotopic (exact) mass is 474 g/mol. The zero-order valence-corrected chi connectivity index (χ0v) is 18.4. The number of carbonyl (C=O) groups is 1. The first-order valence-corrected chi connectivity index (χ1v) is 11.0. The van der Waals surface area contributed by atoms with Gasteiger partial charge < -0.3 is 15.0 Å². The van der Waals surface area contributed by atoms with Crippen molar-refractivity contribution in [1.29, 1.82) is 0 Å². The minimum atomic E-state index is -4.40. The SMILES string of the molecule is O=C(CCc1nc2ccccc2c(=O)[nH]1)NCC(c1ccc(C(F)(F)F)cc1)N1CCOCC1. The van der Waals surface area contributed by atoms with Crippen molar-refractivity contribution in [3.8, 4) is 0 Å². The van der Waals surface area contributed by atoms with Crippen LogP contribution < -0.4 is 10.9 Å². The molecule has 0 spiro atoms. The molecule has 10 heteroatoms. The number of benzene rings is 2. The molecule has 0 saturated carbocycles. The molecular formula is C24H25F3N4O3. The summed E-state index contributed by atoms with van der Waals surface area (Å²) < 4.78 is 44.3. The van der Waals surface area contributed by atoms with Crippen LogP contribution in [-0.4, -0.2) is 53.6 Å². The number of aryl methyl sites for hydroxylation is 1. The molecule has 4 rings (SSSR count). The van der Waals surface area contributed by atoms with E-state index < -0.39 is 11.7 Å². The Labute approximate surface area is 193 Å². The number of carbonyl (C=O) groups excluding carboxylic acids is 1. The van der Waals surface area contributed by atoms with Crippen molar-refractivity contribution >= 4 is 16.8 Å². The molecule has 0 bridgehead atoms. The Bertz CT molecular complexity index is 1190. The molecule has 2 N–H and O–H groups in total. The highest BCUT2D eigenvalue weighted by Gasteiger charge is 2.31. The summed E-state index contributed by atoms with van der Waals surface area (Å²) in [4.78, 5) is 33.9. The summed E-state index contributed by atoms with van der Waals surface area (Å²) in [5.41, 5.74) is 0.292.